The predicted octanol–water partition coefficient (Wildman–Crippen LogP) is 3.38. The number of sulfonamides is 1. The van der Waals surface area contributed by atoms with Gasteiger partial charge in [-0.3, -0.25) is 4.79 Å². The van der Waals surface area contributed by atoms with Crippen molar-refractivity contribution in [3.63, 3.8) is 0 Å². The Morgan fingerprint density at radius 3 is 2.31 bits per heavy atom. The largest absolute Gasteiger partial charge is 0.336 e. The van der Waals surface area contributed by atoms with Gasteiger partial charge in [-0.05, 0) is 24.3 Å². The smallest absolute Gasteiger partial charge is 0.254 e. The van der Waals surface area contributed by atoms with Crippen LogP contribution in [-0.4, -0.2) is 60.9 Å². The second-order valence-electron chi connectivity index (χ2n) is 7.03. The van der Waals surface area contributed by atoms with E-state index < -0.39 is 10.0 Å². The van der Waals surface area contributed by atoms with Crippen molar-refractivity contribution in [1.29, 1.82) is 0 Å². The molecule has 1 aliphatic heterocycles. The van der Waals surface area contributed by atoms with E-state index in [1.165, 1.54) is 10.6 Å². The summed E-state index contributed by atoms with van der Waals surface area (Å²) in [5.74, 6) is -0.102. The number of rotatable bonds is 3. The summed E-state index contributed by atoms with van der Waals surface area (Å²) in [6.07, 6.45) is 1.20. The number of amides is 1. The number of carbonyl (C=O) groups excluding carboxylic acids is 1. The van der Waals surface area contributed by atoms with Crippen molar-refractivity contribution in [3.8, 4) is 11.3 Å². The minimum Gasteiger partial charge on any atom is -0.336 e. The standard InChI is InChI=1S/C21H20BrN3O3S/c1-29(27,28)25-12-10-24(11-13-25)21(26)18-14-20(15-6-8-16(22)9-7-15)23-19-5-3-2-4-17(18)19/h2-9,14H,10-13H2,1H3. The monoisotopic (exact) mass is 473 g/mol. The zero-order valence-corrected chi connectivity index (χ0v) is 18.3. The number of fused-ring (bicyclic) bond motifs is 1. The van der Waals surface area contributed by atoms with Crippen molar-refractivity contribution in [2.45, 2.75) is 0 Å². The predicted molar refractivity (Wildman–Crippen MR) is 117 cm³/mol. The molecule has 150 valence electrons. The van der Waals surface area contributed by atoms with Crippen molar-refractivity contribution < 1.29 is 13.2 Å². The van der Waals surface area contributed by atoms with E-state index in [1.54, 1.807) is 4.90 Å². The molecule has 0 bridgehead atoms. The first-order valence-corrected chi connectivity index (χ1v) is 11.9. The maximum absolute atomic E-state index is 13.3. The van der Waals surface area contributed by atoms with Gasteiger partial charge in [0, 0.05) is 41.6 Å². The van der Waals surface area contributed by atoms with Crippen molar-refractivity contribution in [2.24, 2.45) is 0 Å². The molecular formula is C21H20BrN3O3S. The van der Waals surface area contributed by atoms with Gasteiger partial charge in [-0.2, -0.15) is 4.31 Å². The summed E-state index contributed by atoms with van der Waals surface area (Å²) in [4.78, 5) is 19.8. The van der Waals surface area contributed by atoms with E-state index in [-0.39, 0.29) is 5.91 Å². The molecule has 2 heterocycles. The van der Waals surface area contributed by atoms with E-state index >= 15 is 0 Å². The Bertz CT molecular complexity index is 1170. The summed E-state index contributed by atoms with van der Waals surface area (Å²) in [5.41, 5.74) is 3.00. The molecule has 0 unspecified atom stereocenters. The molecule has 4 rings (SSSR count). The van der Waals surface area contributed by atoms with Gasteiger partial charge in [-0.1, -0.05) is 46.3 Å². The van der Waals surface area contributed by atoms with Gasteiger partial charge in [0.15, 0.2) is 0 Å². The minimum absolute atomic E-state index is 0.102. The van der Waals surface area contributed by atoms with Gasteiger partial charge < -0.3 is 4.90 Å². The van der Waals surface area contributed by atoms with Crippen LogP contribution >= 0.6 is 15.9 Å². The first-order valence-electron chi connectivity index (χ1n) is 9.23. The molecule has 29 heavy (non-hydrogen) atoms. The highest BCUT2D eigenvalue weighted by Gasteiger charge is 2.27. The lowest BCUT2D eigenvalue weighted by Gasteiger charge is -2.33. The lowest BCUT2D eigenvalue weighted by atomic mass is 10.0. The number of piperazine rings is 1. The number of hydrogen-bond donors (Lipinski definition) is 0. The minimum atomic E-state index is -3.24. The molecule has 1 aliphatic rings. The molecule has 6 nitrogen and oxygen atoms in total. The normalized spacial score (nSPS) is 15.6. The number of halogens is 1. The van der Waals surface area contributed by atoms with Crippen molar-refractivity contribution in [3.05, 3.63) is 64.6 Å². The fourth-order valence-corrected chi connectivity index (χ4v) is 4.60. The van der Waals surface area contributed by atoms with Crippen LogP contribution in [0.4, 0.5) is 0 Å². The SMILES string of the molecule is CS(=O)(=O)N1CCN(C(=O)c2cc(-c3ccc(Br)cc3)nc3ccccc23)CC1. The molecule has 0 aliphatic carbocycles. The van der Waals surface area contributed by atoms with E-state index in [2.05, 4.69) is 15.9 Å². The zero-order chi connectivity index (χ0) is 20.6. The molecule has 0 spiro atoms. The molecule has 1 fully saturated rings. The average Bonchev–Trinajstić information content (AvgIpc) is 2.72. The zero-order valence-electron chi connectivity index (χ0n) is 15.9. The van der Waals surface area contributed by atoms with Gasteiger partial charge in [-0.25, -0.2) is 13.4 Å². The summed E-state index contributed by atoms with van der Waals surface area (Å²) in [7, 11) is -3.24. The molecule has 0 radical (unpaired) electrons. The van der Waals surface area contributed by atoms with Crippen molar-refractivity contribution in [2.75, 3.05) is 32.4 Å². The van der Waals surface area contributed by atoms with Gasteiger partial charge in [0.1, 0.15) is 0 Å². The van der Waals surface area contributed by atoms with Crippen molar-refractivity contribution >= 4 is 42.8 Å². The maximum atomic E-state index is 13.3. The Hall–Kier alpha value is -2.29. The van der Waals surface area contributed by atoms with Crippen LogP contribution in [0.5, 0.6) is 0 Å². The number of hydrogen-bond acceptors (Lipinski definition) is 4. The van der Waals surface area contributed by atoms with E-state index in [0.29, 0.717) is 31.7 Å². The summed E-state index contributed by atoms with van der Waals surface area (Å²) >= 11 is 3.44. The van der Waals surface area contributed by atoms with Crippen LogP contribution in [0.3, 0.4) is 0 Å². The lowest BCUT2D eigenvalue weighted by molar-refractivity contribution is 0.0700. The molecule has 1 saturated heterocycles. The molecule has 3 aromatic rings. The Labute approximate surface area is 178 Å². The third-order valence-corrected chi connectivity index (χ3v) is 6.91. The number of carbonyl (C=O) groups is 1. The fourth-order valence-electron chi connectivity index (χ4n) is 3.51. The van der Waals surface area contributed by atoms with Crippen LogP contribution in [0.25, 0.3) is 22.2 Å². The summed E-state index contributed by atoms with van der Waals surface area (Å²) < 4.78 is 25.9. The molecule has 8 heteroatoms. The Kier molecular flexibility index (Phi) is 5.42. The van der Waals surface area contributed by atoms with Crippen LogP contribution in [-0.2, 0) is 10.0 Å². The number of pyridine rings is 1. The van der Waals surface area contributed by atoms with Crippen LogP contribution in [0.2, 0.25) is 0 Å². The van der Waals surface area contributed by atoms with Crippen molar-refractivity contribution in [1.82, 2.24) is 14.2 Å². The second kappa shape index (κ2) is 7.85. The van der Waals surface area contributed by atoms with E-state index in [4.69, 9.17) is 4.98 Å². The van der Waals surface area contributed by atoms with Crippen LogP contribution in [0.15, 0.2) is 59.1 Å². The lowest BCUT2D eigenvalue weighted by Crippen LogP contribution is -2.50. The van der Waals surface area contributed by atoms with Gasteiger partial charge >= 0.3 is 0 Å². The summed E-state index contributed by atoms with van der Waals surface area (Å²) in [5, 5.41) is 0.795. The fraction of sp³-hybridized carbons (Fsp3) is 0.238. The average molecular weight is 474 g/mol. The highest BCUT2D eigenvalue weighted by molar-refractivity contribution is 9.10. The highest BCUT2D eigenvalue weighted by Crippen LogP contribution is 2.27. The first kappa shape index (κ1) is 20.0. The molecule has 0 N–H and O–H groups in total. The Morgan fingerprint density at radius 2 is 1.66 bits per heavy atom. The maximum Gasteiger partial charge on any atom is 0.254 e. The highest BCUT2D eigenvalue weighted by atomic mass is 79.9. The van der Waals surface area contributed by atoms with Crippen LogP contribution < -0.4 is 0 Å². The second-order valence-corrected chi connectivity index (χ2v) is 9.93. The number of para-hydroxylation sites is 1. The third-order valence-electron chi connectivity index (χ3n) is 5.08. The molecule has 0 atom stereocenters. The molecule has 0 saturated carbocycles. The first-order chi connectivity index (χ1) is 13.8. The van der Waals surface area contributed by atoms with Gasteiger partial charge in [0.25, 0.3) is 5.91 Å². The summed E-state index contributed by atoms with van der Waals surface area (Å²) in [6.45, 7) is 1.37. The van der Waals surface area contributed by atoms with Gasteiger partial charge in [0.05, 0.1) is 23.0 Å². The molecule has 2 aromatic carbocycles. The van der Waals surface area contributed by atoms with Crippen LogP contribution in [0, 0.1) is 0 Å². The molecule has 1 aromatic heterocycles. The third kappa shape index (κ3) is 4.19. The van der Waals surface area contributed by atoms with E-state index in [9.17, 15) is 13.2 Å². The quantitative estimate of drug-likeness (QED) is 0.584. The van der Waals surface area contributed by atoms with Gasteiger partial charge in [-0.15, -0.1) is 0 Å². The van der Waals surface area contributed by atoms with Crippen LogP contribution in [0.1, 0.15) is 10.4 Å². The number of benzene rings is 2. The number of aromatic nitrogens is 1. The topological polar surface area (TPSA) is 70.6 Å². The van der Waals surface area contributed by atoms with E-state index in [1.807, 2.05) is 54.6 Å². The Balaban J connectivity index is 1.71. The Morgan fingerprint density at radius 1 is 1.00 bits per heavy atom. The number of nitrogens with zero attached hydrogens (tertiary/aromatic N) is 3. The van der Waals surface area contributed by atoms with E-state index in [0.717, 1.165) is 26.6 Å². The molecular weight excluding hydrogens is 454 g/mol. The van der Waals surface area contributed by atoms with Gasteiger partial charge in [0.2, 0.25) is 10.0 Å². The summed E-state index contributed by atoms with van der Waals surface area (Å²) in [6, 6.07) is 17.2. The molecule has 1 amide bonds.